The summed E-state index contributed by atoms with van der Waals surface area (Å²) in [6.07, 6.45) is 3.07. The summed E-state index contributed by atoms with van der Waals surface area (Å²) in [7, 11) is 2.30. The first-order valence-electron chi connectivity index (χ1n) is 7.83. The Balaban J connectivity index is 2.10. The van der Waals surface area contributed by atoms with Crippen molar-refractivity contribution in [2.45, 2.75) is 31.8 Å². The molecule has 1 atom stereocenters. The zero-order chi connectivity index (χ0) is 16.2. The van der Waals surface area contributed by atoms with E-state index in [1.807, 2.05) is 44.4 Å². The number of hydrogen-bond acceptors (Lipinski definition) is 3. The molecule has 0 bridgehead atoms. The Morgan fingerprint density at radius 2 is 1.82 bits per heavy atom. The van der Waals surface area contributed by atoms with Crippen LogP contribution >= 0.6 is 0 Å². The standard InChI is InChI=1S/C16H27N3O2S/c1-17(2)16-11-7-8-12-19(14-16)22(20,21)18(3)13-15-9-5-4-6-10-15/h4-6,9-10,16H,7-8,11-14H2,1-3H3. The summed E-state index contributed by atoms with van der Waals surface area (Å²) >= 11 is 0. The zero-order valence-corrected chi connectivity index (χ0v) is 14.6. The number of nitrogens with zero attached hydrogens (tertiary/aromatic N) is 3. The lowest BCUT2D eigenvalue weighted by Gasteiger charge is -2.30. The Bertz CT molecular complexity index is 560. The molecule has 22 heavy (non-hydrogen) atoms. The smallest absolute Gasteiger partial charge is 0.282 e. The van der Waals surface area contributed by atoms with Gasteiger partial charge in [0.2, 0.25) is 0 Å². The van der Waals surface area contributed by atoms with E-state index in [-0.39, 0.29) is 0 Å². The van der Waals surface area contributed by atoms with E-state index >= 15 is 0 Å². The molecule has 1 aliphatic rings. The van der Waals surface area contributed by atoms with Gasteiger partial charge in [0.1, 0.15) is 0 Å². The maximum absolute atomic E-state index is 12.8. The van der Waals surface area contributed by atoms with Gasteiger partial charge in [-0.1, -0.05) is 36.8 Å². The summed E-state index contributed by atoms with van der Waals surface area (Å²) in [4.78, 5) is 2.13. The van der Waals surface area contributed by atoms with Crippen LogP contribution in [0.4, 0.5) is 0 Å². The normalized spacial score (nSPS) is 21.2. The average Bonchev–Trinajstić information content (AvgIpc) is 2.74. The Morgan fingerprint density at radius 1 is 1.14 bits per heavy atom. The molecule has 0 radical (unpaired) electrons. The van der Waals surface area contributed by atoms with Gasteiger partial charge < -0.3 is 4.90 Å². The molecule has 0 saturated carbocycles. The van der Waals surface area contributed by atoms with E-state index in [2.05, 4.69) is 4.90 Å². The SMILES string of the molecule is CN(C)C1CCCCN(S(=O)(=O)N(C)Cc2ccccc2)C1. The number of benzene rings is 1. The average molecular weight is 325 g/mol. The fraction of sp³-hybridized carbons (Fsp3) is 0.625. The lowest BCUT2D eigenvalue weighted by atomic mass is 10.1. The van der Waals surface area contributed by atoms with E-state index in [0.717, 1.165) is 24.8 Å². The molecule has 124 valence electrons. The molecule has 1 aromatic rings. The summed E-state index contributed by atoms with van der Waals surface area (Å²) in [6, 6.07) is 10.0. The van der Waals surface area contributed by atoms with E-state index in [9.17, 15) is 8.42 Å². The predicted octanol–water partition coefficient (Wildman–Crippen LogP) is 1.78. The highest BCUT2D eigenvalue weighted by atomic mass is 32.2. The predicted molar refractivity (Wildman–Crippen MR) is 89.7 cm³/mol. The first-order valence-corrected chi connectivity index (χ1v) is 9.22. The molecular weight excluding hydrogens is 298 g/mol. The van der Waals surface area contributed by atoms with Crippen LogP contribution < -0.4 is 0 Å². The minimum Gasteiger partial charge on any atom is -0.305 e. The number of likely N-dealkylation sites (N-methyl/N-ethyl adjacent to an activating group) is 1. The van der Waals surface area contributed by atoms with Crippen LogP contribution in [0.25, 0.3) is 0 Å². The van der Waals surface area contributed by atoms with Crippen LogP contribution in [0.2, 0.25) is 0 Å². The van der Waals surface area contributed by atoms with Crippen molar-refractivity contribution in [2.75, 3.05) is 34.2 Å². The van der Waals surface area contributed by atoms with Crippen molar-refractivity contribution >= 4 is 10.2 Å². The fourth-order valence-electron chi connectivity index (χ4n) is 2.84. The zero-order valence-electron chi connectivity index (χ0n) is 13.8. The lowest BCUT2D eigenvalue weighted by Crippen LogP contribution is -2.46. The van der Waals surface area contributed by atoms with Crippen LogP contribution in [0.15, 0.2) is 30.3 Å². The summed E-state index contributed by atoms with van der Waals surface area (Å²) in [5, 5.41) is 0. The van der Waals surface area contributed by atoms with Gasteiger partial charge in [0, 0.05) is 32.7 Å². The Kier molecular flexibility index (Phi) is 5.97. The van der Waals surface area contributed by atoms with Gasteiger partial charge in [-0.25, -0.2) is 0 Å². The van der Waals surface area contributed by atoms with Crippen molar-refractivity contribution in [1.29, 1.82) is 0 Å². The van der Waals surface area contributed by atoms with Crippen LogP contribution in [0.3, 0.4) is 0 Å². The first-order chi connectivity index (χ1) is 10.4. The molecule has 6 heteroatoms. The fourth-order valence-corrected chi connectivity index (χ4v) is 4.26. The third-order valence-electron chi connectivity index (χ3n) is 4.31. The van der Waals surface area contributed by atoms with E-state index in [4.69, 9.17) is 0 Å². The number of hydrogen-bond donors (Lipinski definition) is 0. The largest absolute Gasteiger partial charge is 0.305 e. The maximum atomic E-state index is 12.8. The molecule has 0 aliphatic carbocycles. The highest BCUT2D eigenvalue weighted by Gasteiger charge is 2.31. The van der Waals surface area contributed by atoms with Crippen molar-refractivity contribution < 1.29 is 8.42 Å². The van der Waals surface area contributed by atoms with Crippen molar-refractivity contribution in [3.05, 3.63) is 35.9 Å². The minimum atomic E-state index is -3.41. The summed E-state index contributed by atoms with van der Waals surface area (Å²) < 4.78 is 28.8. The molecule has 1 unspecified atom stereocenters. The number of rotatable bonds is 5. The van der Waals surface area contributed by atoms with Gasteiger partial charge in [-0.2, -0.15) is 17.0 Å². The van der Waals surface area contributed by atoms with Crippen molar-refractivity contribution in [1.82, 2.24) is 13.5 Å². The van der Waals surface area contributed by atoms with Crippen LogP contribution in [0.1, 0.15) is 24.8 Å². The van der Waals surface area contributed by atoms with Crippen molar-refractivity contribution in [2.24, 2.45) is 0 Å². The summed E-state index contributed by atoms with van der Waals surface area (Å²) in [6.45, 7) is 1.60. The first kappa shape index (κ1) is 17.4. The summed E-state index contributed by atoms with van der Waals surface area (Å²) in [5.74, 6) is 0. The van der Waals surface area contributed by atoms with Gasteiger partial charge >= 0.3 is 0 Å². The van der Waals surface area contributed by atoms with Gasteiger partial charge in [-0.05, 0) is 32.5 Å². The monoisotopic (exact) mass is 325 g/mol. The molecule has 2 rings (SSSR count). The quantitative estimate of drug-likeness (QED) is 0.829. The van der Waals surface area contributed by atoms with Gasteiger partial charge in [-0.15, -0.1) is 0 Å². The second-order valence-corrected chi connectivity index (χ2v) is 8.26. The molecule has 1 aliphatic heterocycles. The molecule has 1 saturated heterocycles. The minimum absolute atomic E-state index is 0.294. The van der Waals surface area contributed by atoms with Crippen molar-refractivity contribution in [3.63, 3.8) is 0 Å². The van der Waals surface area contributed by atoms with Gasteiger partial charge in [0.15, 0.2) is 0 Å². The van der Waals surface area contributed by atoms with Gasteiger partial charge in [0.25, 0.3) is 10.2 Å². The van der Waals surface area contributed by atoms with E-state index < -0.39 is 10.2 Å². The highest BCUT2D eigenvalue weighted by molar-refractivity contribution is 7.86. The van der Waals surface area contributed by atoms with Crippen LogP contribution in [0, 0.1) is 0 Å². The molecule has 0 spiro atoms. The molecule has 1 fully saturated rings. The maximum Gasteiger partial charge on any atom is 0.282 e. The Morgan fingerprint density at radius 3 is 2.45 bits per heavy atom. The van der Waals surface area contributed by atoms with Crippen LogP contribution in [-0.2, 0) is 16.8 Å². The second kappa shape index (κ2) is 7.55. The van der Waals surface area contributed by atoms with E-state index in [0.29, 0.717) is 25.7 Å². The molecule has 0 amide bonds. The van der Waals surface area contributed by atoms with E-state index in [1.54, 1.807) is 11.4 Å². The molecular formula is C16H27N3O2S. The molecule has 0 aromatic heterocycles. The van der Waals surface area contributed by atoms with E-state index in [1.165, 1.54) is 4.31 Å². The Hall–Kier alpha value is -0.950. The molecule has 1 aromatic carbocycles. The van der Waals surface area contributed by atoms with Crippen molar-refractivity contribution in [3.8, 4) is 0 Å². The third-order valence-corrected chi connectivity index (χ3v) is 6.21. The third kappa shape index (κ3) is 4.29. The Labute approximate surface area is 134 Å². The topological polar surface area (TPSA) is 43.9 Å². The molecule has 0 N–H and O–H groups in total. The molecule has 1 heterocycles. The van der Waals surface area contributed by atoms with Crippen LogP contribution in [-0.4, -0.2) is 62.2 Å². The lowest BCUT2D eigenvalue weighted by molar-refractivity contribution is 0.242. The second-order valence-electron chi connectivity index (χ2n) is 6.22. The highest BCUT2D eigenvalue weighted by Crippen LogP contribution is 2.19. The summed E-state index contributed by atoms with van der Waals surface area (Å²) in [5.41, 5.74) is 1.01. The molecule has 5 nitrogen and oxygen atoms in total. The van der Waals surface area contributed by atoms with Gasteiger partial charge in [0.05, 0.1) is 0 Å². The van der Waals surface area contributed by atoms with Gasteiger partial charge in [-0.3, -0.25) is 0 Å². The van der Waals surface area contributed by atoms with Crippen LogP contribution in [0.5, 0.6) is 0 Å².